The van der Waals surface area contributed by atoms with E-state index in [1.54, 1.807) is 35.2 Å². The second kappa shape index (κ2) is 11.9. The van der Waals surface area contributed by atoms with Gasteiger partial charge in [0, 0.05) is 7.05 Å². The molecule has 39 heavy (non-hydrogen) atoms. The van der Waals surface area contributed by atoms with Crippen molar-refractivity contribution < 1.29 is 45.8 Å². The Bertz CT molecular complexity index is 1160. The molecule has 15 heteroatoms. The first kappa shape index (κ1) is 29.7. The lowest BCUT2D eigenvalue weighted by atomic mass is 9.94. The van der Waals surface area contributed by atoms with Crippen LogP contribution in [-0.4, -0.2) is 65.5 Å². The van der Waals surface area contributed by atoms with Gasteiger partial charge in [-0.15, -0.1) is 0 Å². The standard InChI is InChI=1S/C24H25F6N5O4/c1-34-18(13-39-12-14-7-16(23(25,26)27)9-17(8-14)24(28,29)30)21(15-5-3-2-4-6-15)35(11-20(34)36)10-19(31)32-33-22(37)38/h2-9,18,21,33H,10-13H2,1H3,(H2,31,32)(H,37,38). The molecular weight excluding hydrogens is 536 g/mol. The van der Waals surface area contributed by atoms with Crippen molar-refractivity contribution in [3.8, 4) is 0 Å². The predicted molar refractivity (Wildman–Crippen MR) is 125 cm³/mol. The number of amidine groups is 1. The van der Waals surface area contributed by atoms with E-state index in [0.717, 1.165) is 0 Å². The summed E-state index contributed by atoms with van der Waals surface area (Å²) in [4.78, 5) is 26.5. The van der Waals surface area contributed by atoms with Crippen LogP contribution >= 0.6 is 0 Å². The number of likely N-dealkylation sites (N-methyl/N-ethyl adjacent to an activating group) is 1. The summed E-state index contributed by atoms with van der Waals surface area (Å²) in [5.74, 6) is -0.646. The molecule has 2 atom stereocenters. The van der Waals surface area contributed by atoms with Crippen molar-refractivity contribution in [2.24, 2.45) is 0 Å². The normalized spacial score (nSPS) is 18.6. The first-order valence-electron chi connectivity index (χ1n) is 11.4. The molecule has 0 bridgehead atoms. The van der Waals surface area contributed by atoms with Crippen LogP contribution in [0.3, 0.4) is 0 Å². The fourth-order valence-corrected chi connectivity index (χ4v) is 4.24. The zero-order chi connectivity index (χ0) is 29.0. The third kappa shape index (κ3) is 7.83. The second-order valence-electron chi connectivity index (χ2n) is 8.80. The zero-order valence-electron chi connectivity index (χ0n) is 20.4. The van der Waals surface area contributed by atoms with E-state index in [1.807, 2.05) is 5.43 Å². The number of carbonyl (C=O) groups excluding carboxylic acids is 1. The van der Waals surface area contributed by atoms with E-state index in [0.29, 0.717) is 17.7 Å². The van der Waals surface area contributed by atoms with Crippen molar-refractivity contribution in [2.75, 3.05) is 26.7 Å². The average molecular weight is 561 g/mol. The van der Waals surface area contributed by atoms with Crippen molar-refractivity contribution in [2.45, 2.75) is 31.0 Å². The van der Waals surface area contributed by atoms with Gasteiger partial charge in [-0.25, -0.2) is 10.2 Å². The SMILES string of the molecule is CN1C(=O)CN(CC(=N)NNC(=O)O)C(c2ccccc2)C1COCc1cc(C(F)(F)F)cc(C(F)(F)F)c1. The Hall–Kier alpha value is -3.85. The molecule has 1 aliphatic heterocycles. The van der Waals surface area contributed by atoms with Gasteiger partial charge in [-0.3, -0.25) is 20.5 Å². The smallest absolute Gasteiger partial charge is 0.423 e. The third-order valence-electron chi connectivity index (χ3n) is 6.01. The highest BCUT2D eigenvalue weighted by Crippen LogP contribution is 2.37. The lowest BCUT2D eigenvalue weighted by molar-refractivity contribution is -0.145. The van der Waals surface area contributed by atoms with Crippen molar-refractivity contribution in [3.05, 3.63) is 70.8 Å². The van der Waals surface area contributed by atoms with E-state index in [4.69, 9.17) is 15.3 Å². The number of ether oxygens (including phenoxy) is 1. The Morgan fingerprint density at radius 1 is 1.05 bits per heavy atom. The summed E-state index contributed by atoms with van der Waals surface area (Å²) in [6, 6.07) is 8.56. The number of amides is 2. The van der Waals surface area contributed by atoms with E-state index in [1.165, 1.54) is 11.9 Å². The van der Waals surface area contributed by atoms with E-state index in [9.17, 15) is 35.9 Å². The fourth-order valence-electron chi connectivity index (χ4n) is 4.24. The van der Waals surface area contributed by atoms with Crippen LogP contribution in [0.2, 0.25) is 0 Å². The van der Waals surface area contributed by atoms with Gasteiger partial charge in [-0.05, 0) is 29.3 Å². The highest BCUT2D eigenvalue weighted by atomic mass is 19.4. The Labute approximate surface area is 218 Å². The monoisotopic (exact) mass is 561 g/mol. The fraction of sp³-hybridized carbons (Fsp3) is 0.375. The van der Waals surface area contributed by atoms with Crippen LogP contribution in [0.4, 0.5) is 31.1 Å². The van der Waals surface area contributed by atoms with Crippen molar-refractivity contribution in [1.82, 2.24) is 20.7 Å². The molecule has 2 unspecified atom stereocenters. The molecule has 2 aromatic carbocycles. The van der Waals surface area contributed by atoms with Gasteiger partial charge in [0.05, 0.1) is 49.5 Å². The maximum Gasteiger partial charge on any atom is 0.423 e. The Balaban J connectivity index is 1.85. The molecule has 9 nitrogen and oxygen atoms in total. The van der Waals surface area contributed by atoms with Gasteiger partial charge in [0.1, 0.15) is 5.84 Å². The summed E-state index contributed by atoms with van der Waals surface area (Å²) >= 11 is 0. The van der Waals surface area contributed by atoms with Crippen LogP contribution < -0.4 is 10.9 Å². The number of alkyl halides is 6. The minimum Gasteiger partial charge on any atom is -0.464 e. The summed E-state index contributed by atoms with van der Waals surface area (Å²) in [7, 11) is 1.49. The van der Waals surface area contributed by atoms with Gasteiger partial charge < -0.3 is 14.7 Å². The van der Waals surface area contributed by atoms with Crippen molar-refractivity contribution in [1.29, 1.82) is 5.41 Å². The van der Waals surface area contributed by atoms with E-state index >= 15 is 0 Å². The summed E-state index contributed by atoms with van der Waals surface area (Å²) in [5, 5.41) is 16.8. The van der Waals surface area contributed by atoms with E-state index in [2.05, 4.69) is 5.43 Å². The second-order valence-corrected chi connectivity index (χ2v) is 8.80. The molecule has 0 aromatic heterocycles. The molecular formula is C24H25F6N5O4. The van der Waals surface area contributed by atoms with Crippen LogP contribution in [0.15, 0.2) is 48.5 Å². The number of rotatable bonds is 7. The minimum absolute atomic E-state index is 0.0303. The zero-order valence-corrected chi connectivity index (χ0v) is 20.4. The van der Waals surface area contributed by atoms with Gasteiger partial charge >= 0.3 is 18.4 Å². The Morgan fingerprint density at radius 3 is 2.18 bits per heavy atom. The molecule has 0 aliphatic carbocycles. The quantitative estimate of drug-likeness (QED) is 0.177. The van der Waals surface area contributed by atoms with Gasteiger partial charge in [0.25, 0.3) is 0 Å². The molecule has 2 aromatic rings. The molecule has 4 N–H and O–H groups in total. The maximum absolute atomic E-state index is 13.2. The molecule has 3 rings (SSSR count). The number of hydrazine groups is 1. The van der Waals surface area contributed by atoms with E-state index in [-0.39, 0.29) is 43.1 Å². The topological polar surface area (TPSA) is 118 Å². The number of benzene rings is 2. The highest BCUT2D eigenvalue weighted by Gasteiger charge is 2.41. The largest absolute Gasteiger partial charge is 0.464 e. The predicted octanol–water partition coefficient (Wildman–Crippen LogP) is 3.87. The van der Waals surface area contributed by atoms with Gasteiger partial charge in [-0.1, -0.05) is 30.3 Å². The van der Waals surface area contributed by atoms with Crippen LogP contribution in [0.25, 0.3) is 0 Å². The number of nitrogens with zero attached hydrogens (tertiary/aromatic N) is 2. The molecule has 2 amide bonds. The van der Waals surface area contributed by atoms with Gasteiger partial charge in [0.15, 0.2) is 0 Å². The number of nitrogens with one attached hydrogen (secondary N) is 3. The lowest BCUT2D eigenvalue weighted by Gasteiger charge is -2.46. The van der Waals surface area contributed by atoms with Crippen LogP contribution in [0.1, 0.15) is 28.3 Å². The van der Waals surface area contributed by atoms with Crippen LogP contribution in [-0.2, 0) is 28.5 Å². The van der Waals surface area contributed by atoms with Crippen LogP contribution in [0.5, 0.6) is 0 Å². The van der Waals surface area contributed by atoms with Crippen molar-refractivity contribution in [3.63, 3.8) is 0 Å². The molecule has 1 heterocycles. The summed E-state index contributed by atoms with van der Waals surface area (Å²) < 4.78 is 84.9. The van der Waals surface area contributed by atoms with Crippen molar-refractivity contribution >= 4 is 17.8 Å². The number of carbonyl (C=O) groups is 2. The van der Waals surface area contributed by atoms with E-state index < -0.39 is 48.3 Å². The molecule has 0 saturated carbocycles. The summed E-state index contributed by atoms with van der Waals surface area (Å²) in [6.07, 6.45) is -11.4. The Morgan fingerprint density at radius 2 is 1.64 bits per heavy atom. The molecule has 1 aliphatic rings. The molecule has 1 fully saturated rings. The first-order valence-corrected chi connectivity index (χ1v) is 11.4. The molecule has 1 saturated heterocycles. The summed E-state index contributed by atoms with van der Waals surface area (Å²) in [5.41, 5.74) is 1.46. The number of piperazine rings is 1. The molecule has 0 radical (unpaired) electrons. The first-order chi connectivity index (χ1) is 18.2. The third-order valence-corrected chi connectivity index (χ3v) is 6.01. The number of hydrogen-bond donors (Lipinski definition) is 4. The van der Waals surface area contributed by atoms with Gasteiger partial charge in [-0.2, -0.15) is 26.3 Å². The number of halogens is 6. The molecule has 212 valence electrons. The van der Waals surface area contributed by atoms with Crippen LogP contribution in [0, 0.1) is 5.41 Å². The van der Waals surface area contributed by atoms with Gasteiger partial charge in [0.2, 0.25) is 5.91 Å². The maximum atomic E-state index is 13.2. The number of hydrogen-bond acceptors (Lipinski definition) is 5. The highest BCUT2D eigenvalue weighted by molar-refractivity contribution is 5.84. The average Bonchev–Trinajstić information content (AvgIpc) is 2.85. The Kier molecular flexibility index (Phi) is 9.07. The molecule has 0 spiro atoms. The lowest BCUT2D eigenvalue weighted by Crippen LogP contribution is -2.60. The minimum atomic E-state index is -5.00. The number of carboxylic acid groups (broad SMARTS) is 1. The summed E-state index contributed by atoms with van der Waals surface area (Å²) in [6.45, 7) is -1.18.